The molecule has 0 bridgehead atoms. The van der Waals surface area contributed by atoms with Crippen molar-refractivity contribution in [1.82, 2.24) is 0 Å². The second kappa shape index (κ2) is 16.1. The van der Waals surface area contributed by atoms with Crippen LogP contribution in [-0.4, -0.2) is 41.4 Å². The average molecular weight is 513 g/mol. The largest absolute Gasteiger partial charge is 0.466 e. The van der Waals surface area contributed by atoms with Gasteiger partial charge in [-0.25, -0.2) is 0 Å². The third-order valence-electron chi connectivity index (χ3n) is 8.08. The van der Waals surface area contributed by atoms with Crippen molar-refractivity contribution in [2.24, 2.45) is 5.92 Å². The van der Waals surface area contributed by atoms with Gasteiger partial charge >= 0.3 is 5.97 Å². The summed E-state index contributed by atoms with van der Waals surface area (Å²) in [7, 11) is -3.44. The highest BCUT2D eigenvalue weighted by atomic mass is 28.4. The predicted octanol–water partition coefficient (Wildman–Crippen LogP) is 8.66. The molecule has 4 nitrogen and oxygen atoms in total. The summed E-state index contributed by atoms with van der Waals surface area (Å²) in [5.41, 5.74) is 2.02. The van der Waals surface area contributed by atoms with Crippen molar-refractivity contribution in [2.45, 2.75) is 130 Å². The van der Waals surface area contributed by atoms with E-state index in [-0.39, 0.29) is 11.6 Å². The van der Waals surface area contributed by atoms with Crippen LogP contribution in [0.2, 0.25) is 36.3 Å². The van der Waals surface area contributed by atoms with Crippen molar-refractivity contribution < 1.29 is 18.4 Å². The van der Waals surface area contributed by atoms with Crippen molar-refractivity contribution in [1.29, 1.82) is 0 Å². The minimum atomic E-state index is -1.81. The first-order valence-electron chi connectivity index (χ1n) is 13.7. The summed E-state index contributed by atoms with van der Waals surface area (Å²) in [6.45, 7) is 27.5. The van der Waals surface area contributed by atoms with E-state index in [1.807, 2.05) is 0 Å². The Bertz CT molecular complexity index is 622. The standard InChI is InChI=1S/C28H56O4Si2/c1-12-33(13-2,14-3)31-21-19-28(11,32-34(15-4,16-5)17-6)26(9)23-25(8)22-24(7)18-20-30-27(10)29/h23-24H,8,12-22H2,1-7,9-11H3/b26-23+/t24-,28+/m0/s1. The SMILES string of the molecule is C=C(/C=C(\C)[C@@](C)(CCO[Si](CC)(CC)CC)O[Si](CC)(CC)CC)C[C@@H](C)CCOC(C)=O. The third kappa shape index (κ3) is 10.9. The minimum absolute atomic E-state index is 0.214. The van der Waals surface area contributed by atoms with E-state index >= 15 is 0 Å². The number of carbonyl (C=O) groups excluding carboxylic acids is 1. The fraction of sp³-hybridized carbons (Fsp3) is 0.821. The molecule has 0 amide bonds. The van der Waals surface area contributed by atoms with Gasteiger partial charge in [-0.15, -0.1) is 0 Å². The molecule has 200 valence electrons. The van der Waals surface area contributed by atoms with Gasteiger partial charge in [-0.1, -0.05) is 66.7 Å². The Morgan fingerprint density at radius 2 is 1.41 bits per heavy atom. The molecule has 0 aromatic carbocycles. The molecular weight excluding hydrogens is 456 g/mol. The molecule has 0 saturated carbocycles. The highest BCUT2D eigenvalue weighted by Gasteiger charge is 2.39. The number of hydrogen-bond acceptors (Lipinski definition) is 4. The summed E-state index contributed by atoms with van der Waals surface area (Å²) in [5, 5.41) is 0. The fourth-order valence-electron chi connectivity index (χ4n) is 4.76. The molecule has 0 aromatic rings. The van der Waals surface area contributed by atoms with Crippen molar-refractivity contribution >= 4 is 22.6 Å². The lowest BCUT2D eigenvalue weighted by Gasteiger charge is -2.42. The van der Waals surface area contributed by atoms with E-state index in [0.717, 1.165) is 49.6 Å². The quantitative estimate of drug-likeness (QED) is 0.0986. The molecule has 0 aromatic heterocycles. The van der Waals surface area contributed by atoms with Gasteiger partial charge in [-0.2, -0.15) is 0 Å². The van der Waals surface area contributed by atoms with Crippen LogP contribution in [0.25, 0.3) is 0 Å². The Morgan fingerprint density at radius 3 is 1.85 bits per heavy atom. The van der Waals surface area contributed by atoms with Gasteiger partial charge in [0.05, 0.1) is 12.2 Å². The van der Waals surface area contributed by atoms with Crippen LogP contribution < -0.4 is 0 Å². The molecule has 0 unspecified atom stereocenters. The molecule has 0 aliphatic carbocycles. The molecule has 6 heteroatoms. The zero-order valence-electron chi connectivity index (χ0n) is 24.3. The van der Waals surface area contributed by atoms with Crippen molar-refractivity contribution in [3.05, 3.63) is 23.8 Å². The van der Waals surface area contributed by atoms with Crippen LogP contribution in [0, 0.1) is 5.92 Å². The molecule has 0 radical (unpaired) electrons. The van der Waals surface area contributed by atoms with Crippen LogP contribution in [0.4, 0.5) is 0 Å². The van der Waals surface area contributed by atoms with E-state index in [2.05, 4.69) is 75.0 Å². The van der Waals surface area contributed by atoms with Gasteiger partial charge in [0.25, 0.3) is 0 Å². The molecule has 0 heterocycles. The smallest absolute Gasteiger partial charge is 0.302 e. The van der Waals surface area contributed by atoms with E-state index < -0.39 is 16.6 Å². The number of rotatable bonds is 19. The molecule has 0 aliphatic heterocycles. The highest BCUT2D eigenvalue weighted by Crippen LogP contribution is 2.36. The molecule has 0 rings (SSSR count). The number of esters is 1. The van der Waals surface area contributed by atoms with E-state index in [1.165, 1.54) is 30.6 Å². The van der Waals surface area contributed by atoms with Crippen LogP contribution in [0.5, 0.6) is 0 Å². The fourth-order valence-corrected chi connectivity index (χ4v) is 10.6. The maximum atomic E-state index is 11.0. The van der Waals surface area contributed by atoms with Gasteiger partial charge in [0.1, 0.15) is 0 Å². The summed E-state index contributed by atoms with van der Waals surface area (Å²) in [4.78, 5) is 11.0. The lowest BCUT2D eigenvalue weighted by molar-refractivity contribution is -0.141. The van der Waals surface area contributed by atoms with Gasteiger partial charge in [0.2, 0.25) is 0 Å². The monoisotopic (exact) mass is 512 g/mol. The maximum Gasteiger partial charge on any atom is 0.302 e. The zero-order valence-corrected chi connectivity index (χ0v) is 26.3. The average Bonchev–Trinajstić information content (AvgIpc) is 2.80. The molecule has 2 atom stereocenters. The van der Waals surface area contributed by atoms with Crippen LogP contribution >= 0.6 is 0 Å². The molecule has 0 fully saturated rings. The van der Waals surface area contributed by atoms with Crippen molar-refractivity contribution in [3.63, 3.8) is 0 Å². The lowest BCUT2D eigenvalue weighted by Crippen LogP contribution is -2.47. The molecule has 0 aliphatic rings. The predicted molar refractivity (Wildman–Crippen MR) is 152 cm³/mol. The van der Waals surface area contributed by atoms with Crippen LogP contribution in [0.1, 0.15) is 88.5 Å². The minimum Gasteiger partial charge on any atom is -0.466 e. The highest BCUT2D eigenvalue weighted by molar-refractivity contribution is 6.74. The second-order valence-electron chi connectivity index (χ2n) is 10.3. The van der Waals surface area contributed by atoms with E-state index in [0.29, 0.717) is 12.5 Å². The summed E-state index contributed by atoms with van der Waals surface area (Å²) in [5.74, 6) is 0.195. The Balaban J connectivity index is 5.61. The van der Waals surface area contributed by atoms with Crippen LogP contribution in [-0.2, 0) is 18.4 Å². The first-order valence-corrected chi connectivity index (χ1v) is 18.8. The van der Waals surface area contributed by atoms with Gasteiger partial charge in [0.15, 0.2) is 16.6 Å². The Labute approximate surface area is 214 Å². The van der Waals surface area contributed by atoms with Crippen molar-refractivity contribution in [2.75, 3.05) is 13.2 Å². The molecule has 0 N–H and O–H groups in total. The maximum absolute atomic E-state index is 11.0. The topological polar surface area (TPSA) is 44.8 Å². The summed E-state index contributed by atoms with van der Waals surface area (Å²) >= 11 is 0. The molecule has 0 spiro atoms. The van der Waals surface area contributed by atoms with Gasteiger partial charge in [-0.05, 0) is 74.4 Å². The molecule has 34 heavy (non-hydrogen) atoms. The normalized spacial score (nSPS) is 15.6. The first-order chi connectivity index (χ1) is 15.9. The second-order valence-corrected chi connectivity index (χ2v) is 19.8. The number of ether oxygens (including phenoxy) is 1. The number of hydrogen-bond donors (Lipinski definition) is 0. The van der Waals surface area contributed by atoms with Gasteiger partial charge < -0.3 is 13.6 Å². The van der Waals surface area contributed by atoms with E-state index in [4.69, 9.17) is 13.6 Å². The first kappa shape index (κ1) is 33.3. The summed E-state index contributed by atoms with van der Waals surface area (Å²) in [6, 6.07) is 6.92. The molecular formula is C28H56O4Si2. The Morgan fingerprint density at radius 1 is 0.912 bits per heavy atom. The Hall–Kier alpha value is -0.696. The number of carbonyl (C=O) groups is 1. The van der Waals surface area contributed by atoms with Gasteiger partial charge in [0, 0.05) is 20.0 Å². The van der Waals surface area contributed by atoms with Crippen molar-refractivity contribution in [3.8, 4) is 0 Å². The van der Waals surface area contributed by atoms with E-state index in [9.17, 15) is 4.79 Å². The van der Waals surface area contributed by atoms with E-state index in [1.54, 1.807) is 0 Å². The third-order valence-corrected chi connectivity index (χ3v) is 17.5. The summed E-state index contributed by atoms with van der Waals surface area (Å²) in [6.07, 6.45) is 4.86. The number of allylic oxidation sites excluding steroid dienone is 2. The zero-order chi connectivity index (χ0) is 26.4. The Kier molecular flexibility index (Phi) is 15.8. The lowest BCUT2D eigenvalue weighted by atomic mass is 9.90. The van der Waals surface area contributed by atoms with Crippen LogP contribution in [0.3, 0.4) is 0 Å². The van der Waals surface area contributed by atoms with Crippen LogP contribution in [0.15, 0.2) is 23.8 Å². The van der Waals surface area contributed by atoms with Gasteiger partial charge in [-0.3, -0.25) is 4.79 Å². The summed E-state index contributed by atoms with van der Waals surface area (Å²) < 4.78 is 18.9. The molecule has 0 saturated heterocycles.